The van der Waals surface area contributed by atoms with Crippen molar-refractivity contribution < 1.29 is 24.2 Å². The van der Waals surface area contributed by atoms with Gasteiger partial charge >= 0.3 is 12.1 Å². The Kier molecular flexibility index (Phi) is 7.05. The number of fused-ring (bicyclic) bond motifs is 1. The largest absolute Gasteiger partial charge is 0.479 e. The van der Waals surface area contributed by atoms with Gasteiger partial charge in [0.2, 0.25) is 5.91 Å². The van der Waals surface area contributed by atoms with E-state index in [1.165, 1.54) is 0 Å². The molecule has 0 radical (unpaired) electrons. The summed E-state index contributed by atoms with van der Waals surface area (Å²) in [5.41, 5.74) is 2.86. The Morgan fingerprint density at radius 2 is 1.77 bits per heavy atom. The van der Waals surface area contributed by atoms with Crippen LogP contribution in [-0.2, 0) is 27.2 Å². The van der Waals surface area contributed by atoms with E-state index in [4.69, 9.17) is 5.11 Å². The number of nitrogens with one attached hydrogen (secondary N) is 3. The minimum absolute atomic E-state index is 0.226. The van der Waals surface area contributed by atoms with Gasteiger partial charge in [0.05, 0.1) is 0 Å². The molecule has 8 heteroatoms. The SMILES string of the molecule is O=C(O)COC(=O)N[C@@H](Cc1c[nH]c2ccccc12)C(=O)NCCc1ccccc1. The van der Waals surface area contributed by atoms with Crippen molar-refractivity contribution in [3.63, 3.8) is 0 Å². The number of alkyl carbamates (subject to hydrolysis) is 1. The lowest BCUT2D eigenvalue weighted by Gasteiger charge is -2.18. The van der Waals surface area contributed by atoms with Crippen LogP contribution in [0.5, 0.6) is 0 Å². The molecular formula is C22H23N3O5. The zero-order valence-electron chi connectivity index (χ0n) is 16.3. The first-order valence-electron chi connectivity index (χ1n) is 9.54. The van der Waals surface area contributed by atoms with Crippen molar-refractivity contribution in [1.82, 2.24) is 15.6 Å². The first-order chi connectivity index (χ1) is 14.5. The van der Waals surface area contributed by atoms with Gasteiger partial charge in [-0.3, -0.25) is 4.79 Å². The van der Waals surface area contributed by atoms with Gasteiger partial charge in [-0.15, -0.1) is 0 Å². The monoisotopic (exact) mass is 409 g/mol. The zero-order valence-corrected chi connectivity index (χ0v) is 16.3. The van der Waals surface area contributed by atoms with Crippen LogP contribution in [0.2, 0.25) is 0 Å². The van der Waals surface area contributed by atoms with Crippen molar-refractivity contribution in [1.29, 1.82) is 0 Å². The Labute approximate surface area is 173 Å². The highest BCUT2D eigenvalue weighted by Crippen LogP contribution is 2.19. The van der Waals surface area contributed by atoms with E-state index in [9.17, 15) is 14.4 Å². The van der Waals surface area contributed by atoms with Crippen LogP contribution in [0.15, 0.2) is 60.8 Å². The molecule has 0 aliphatic rings. The highest BCUT2D eigenvalue weighted by molar-refractivity contribution is 5.88. The van der Waals surface area contributed by atoms with Gasteiger partial charge in [-0.05, 0) is 23.6 Å². The molecular weight excluding hydrogens is 386 g/mol. The average Bonchev–Trinajstić information content (AvgIpc) is 3.15. The molecule has 2 aromatic carbocycles. The minimum Gasteiger partial charge on any atom is -0.479 e. The number of carboxylic acid groups (broad SMARTS) is 1. The molecule has 1 aromatic heterocycles. The summed E-state index contributed by atoms with van der Waals surface area (Å²) in [4.78, 5) is 38.5. The van der Waals surface area contributed by atoms with E-state index in [1.807, 2.05) is 54.6 Å². The van der Waals surface area contributed by atoms with Crippen molar-refractivity contribution in [2.45, 2.75) is 18.9 Å². The number of hydrogen-bond donors (Lipinski definition) is 4. The van der Waals surface area contributed by atoms with Gasteiger partial charge < -0.3 is 25.5 Å². The van der Waals surface area contributed by atoms with E-state index < -0.39 is 24.7 Å². The smallest absolute Gasteiger partial charge is 0.408 e. The van der Waals surface area contributed by atoms with E-state index in [0.717, 1.165) is 22.0 Å². The second-order valence-corrected chi connectivity index (χ2v) is 6.76. The molecule has 0 aliphatic heterocycles. The Hall–Kier alpha value is -3.81. The van der Waals surface area contributed by atoms with Crippen molar-refractivity contribution in [2.24, 2.45) is 0 Å². The van der Waals surface area contributed by atoms with Crippen LogP contribution in [0, 0.1) is 0 Å². The number of ether oxygens (including phenoxy) is 1. The van der Waals surface area contributed by atoms with Crippen LogP contribution < -0.4 is 10.6 Å². The summed E-state index contributed by atoms with van der Waals surface area (Å²) in [6.45, 7) is -0.375. The summed E-state index contributed by atoms with van der Waals surface area (Å²) in [5, 5.41) is 14.9. The Morgan fingerprint density at radius 1 is 1.03 bits per heavy atom. The highest BCUT2D eigenvalue weighted by Gasteiger charge is 2.23. The lowest BCUT2D eigenvalue weighted by Crippen LogP contribution is -2.48. The third kappa shape index (κ3) is 5.84. The molecule has 0 bridgehead atoms. The van der Waals surface area contributed by atoms with E-state index in [2.05, 4.69) is 20.4 Å². The van der Waals surface area contributed by atoms with Crippen molar-refractivity contribution >= 4 is 28.9 Å². The number of aromatic nitrogens is 1. The number of carboxylic acids is 1. The fraction of sp³-hybridized carbons (Fsp3) is 0.227. The van der Waals surface area contributed by atoms with Crippen LogP contribution in [0.4, 0.5) is 4.79 Å². The summed E-state index contributed by atoms with van der Waals surface area (Å²) >= 11 is 0. The summed E-state index contributed by atoms with van der Waals surface area (Å²) < 4.78 is 4.63. The average molecular weight is 409 g/mol. The molecule has 4 N–H and O–H groups in total. The van der Waals surface area contributed by atoms with Crippen molar-refractivity contribution in [2.75, 3.05) is 13.2 Å². The third-order valence-electron chi connectivity index (χ3n) is 4.59. The predicted octanol–water partition coefficient (Wildman–Crippen LogP) is 2.25. The number of hydrogen-bond acceptors (Lipinski definition) is 4. The maximum Gasteiger partial charge on any atom is 0.408 e. The number of para-hydroxylation sites is 1. The number of H-pyrrole nitrogens is 1. The second-order valence-electron chi connectivity index (χ2n) is 6.76. The molecule has 0 saturated carbocycles. The molecule has 0 unspecified atom stereocenters. The number of rotatable bonds is 9. The molecule has 1 atom stereocenters. The molecule has 0 saturated heterocycles. The molecule has 0 aliphatic carbocycles. The lowest BCUT2D eigenvalue weighted by atomic mass is 10.0. The Bertz CT molecular complexity index is 1020. The topological polar surface area (TPSA) is 121 Å². The number of amides is 2. The molecule has 1 heterocycles. The summed E-state index contributed by atoms with van der Waals surface area (Å²) in [7, 11) is 0. The molecule has 3 rings (SSSR count). The molecule has 2 amide bonds. The van der Waals surface area contributed by atoms with E-state index in [1.54, 1.807) is 6.20 Å². The predicted molar refractivity (Wildman–Crippen MR) is 111 cm³/mol. The molecule has 30 heavy (non-hydrogen) atoms. The number of carbonyl (C=O) groups excluding carboxylic acids is 2. The molecule has 8 nitrogen and oxygen atoms in total. The molecule has 3 aromatic rings. The third-order valence-corrected chi connectivity index (χ3v) is 4.59. The maximum atomic E-state index is 12.8. The number of carbonyl (C=O) groups is 3. The van der Waals surface area contributed by atoms with Gasteiger partial charge in [-0.25, -0.2) is 9.59 Å². The normalized spacial score (nSPS) is 11.6. The fourth-order valence-electron chi connectivity index (χ4n) is 3.14. The maximum absolute atomic E-state index is 12.8. The zero-order chi connectivity index (χ0) is 21.3. The second kappa shape index (κ2) is 10.1. The standard InChI is InChI=1S/C22H23N3O5/c26-20(27)14-30-22(29)25-19(12-16-13-24-18-9-5-4-8-17(16)18)21(28)23-11-10-15-6-2-1-3-7-15/h1-9,13,19,24H,10-12,14H2,(H,23,28)(H,25,29)(H,26,27)/t19-/m0/s1. The van der Waals surface area contributed by atoms with Crippen molar-refractivity contribution in [3.8, 4) is 0 Å². The molecule has 0 fully saturated rings. The summed E-state index contributed by atoms with van der Waals surface area (Å²) in [6.07, 6.45) is 1.71. The van der Waals surface area contributed by atoms with Crippen LogP contribution >= 0.6 is 0 Å². The first kappa shape index (κ1) is 20.9. The van der Waals surface area contributed by atoms with Gasteiger partial charge in [0, 0.05) is 30.1 Å². The van der Waals surface area contributed by atoms with Crippen molar-refractivity contribution in [3.05, 3.63) is 71.9 Å². The van der Waals surface area contributed by atoms with Crippen LogP contribution in [0.3, 0.4) is 0 Å². The van der Waals surface area contributed by atoms with E-state index >= 15 is 0 Å². The molecule has 0 spiro atoms. The Morgan fingerprint density at radius 3 is 2.53 bits per heavy atom. The number of benzene rings is 2. The Balaban J connectivity index is 1.67. The van der Waals surface area contributed by atoms with Gasteiger partial charge in [-0.2, -0.15) is 0 Å². The van der Waals surface area contributed by atoms with Crippen LogP contribution in [-0.4, -0.2) is 47.3 Å². The fourth-order valence-corrected chi connectivity index (χ4v) is 3.14. The first-order valence-corrected chi connectivity index (χ1v) is 9.54. The van der Waals surface area contributed by atoms with Gasteiger partial charge in [0.1, 0.15) is 6.04 Å². The van der Waals surface area contributed by atoms with Crippen LogP contribution in [0.1, 0.15) is 11.1 Å². The van der Waals surface area contributed by atoms with Gasteiger partial charge in [0.15, 0.2) is 6.61 Å². The van der Waals surface area contributed by atoms with E-state index in [0.29, 0.717) is 13.0 Å². The quantitative estimate of drug-likeness (QED) is 0.432. The molecule has 156 valence electrons. The minimum atomic E-state index is -1.27. The highest BCUT2D eigenvalue weighted by atomic mass is 16.6. The summed E-state index contributed by atoms with van der Waals surface area (Å²) in [5.74, 6) is -1.64. The van der Waals surface area contributed by atoms with E-state index in [-0.39, 0.29) is 12.3 Å². The summed E-state index contributed by atoms with van der Waals surface area (Å²) in [6, 6.07) is 16.4. The van der Waals surface area contributed by atoms with Gasteiger partial charge in [0.25, 0.3) is 0 Å². The number of aromatic amines is 1. The van der Waals surface area contributed by atoms with Gasteiger partial charge in [-0.1, -0.05) is 48.5 Å². The number of aliphatic carboxylic acids is 1. The van der Waals surface area contributed by atoms with Crippen LogP contribution in [0.25, 0.3) is 10.9 Å². The lowest BCUT2D eigenvalue weighted by molar-refractivity contribution is -0.140.